The lowest BCUT2D eigenvalue weighted by Gasteiger charge is -2.08. The van der Waals surface area contributed by atoms with Gasteiger partial charge in [-0.25, -0.2) is 5.84 Å². The molecule has 0 saturated heterocycles. The van der Waals surface area contributed by atoms with E-state index in [0.29, 0.717) is 24.5 Å². The van der Waals surface area contributed by atoms with E-state index >= 15 is 0 Å². The molecule has 18 heavy (non-hydrogen) atoms. The molecule has 0 atom stereocenters. The molecule has 0 aliphatic heterocycles. The highest BCUT2D eigenvalue weighted by Crippen LogP contribution is 2.31. The molecule has 0 bridgehead atoms. The van der Waals surface area contributed by atoms with E-state index in [1.807, 2.05) is 6.92 Å². The lowest BCUT2D eigenvalue weighted by atomic mass is 10.3. The van der Waals surface area contributed by atoms with Gasteiger partial charge in [-0.05, 0) is 18.8 Å². The van der Waals surface area contributed by atoms with Crippen LogP contribution in [0.2, 0.25) is 0 Å². The Morgan fingerprint density at radius 1 is 1.28 bits per heavy atom. The molecule has 0 spiro atoms. The zero-order chi connectivity index (χ0) is 12.8. The maximum Gasteiger partial charge on any atom is 0.323 e. The van der Waals surface area contributed by atoms with Gasteiger partial charge in [0, 0.05) is 6.54 Å². The summed E-state index contributed by atoms with van der Waals surface area (Å²) in [6.07, 6.45) is 4.75. The maximum absolute atomic E-state index is 5.38. The highest BCUT2D eigenvalue weighted by atomic mass is 16.5. The largest absolute Gasteiger partial charge is 0.463 e. The fraction of sp³-hybridized carbons (Fsp3) is 0.727. The zero-order valence-electron chi connectivity index (χ0n) is 10.6. The lowest BCUT2D eigenvalue weighted by molar-refractivity contribution is 0.292. The first-order valence-corrected chi connectivity index (χ1v) is 6.41. The number of hydrogen-bond acceptors (Lipinski definition) is 7. The summed E-state index contributed by atoms with van der Waals surface area (Å²) in [6.45, 7) is 3.47. The van der Waals surface area contributed by atoms with Crippen LogP contribution in [0.25, 0.3) is 0 Å². The van der Waals surface area contributed by atoms with E-state index in [1.54, 1.807) is 0 Å². The van der Waals surface area contributed by atoms with Gasteiger partial charge in [-0.2, -0.15) is 15.0 Å². The Bertz CT molecular complexity index is 382. The monoisotopic (exact) mass is 252 g/mol. The van der Waals surface area contributed by atoms with Crippen molar-refractivity contribution in [1.82, 2.24) is 15.0 Å². The van der Waals surface area contributed by atoms with Crippen LogP contribution in [-0.4, -0.2) is 28.1 Å². The summed E-state index contributed by atoms with van der Waals surface area (Å²) < 4.78 is 5.38. The van der Waals surface area contributed by atoms with Crippen LogP contribution in [0.1, 0.15) is 32.6 Å². The molecular weight excluding hydrogens is 232 g/mol. The molecular formula is C11H20N6O. The number of nitrogens with zero attached hydrogens (tertiary/aromatic N) is 3. The number of aromatic nitrogens is 3. The molecule has 4 N–H and O–H groups in total. The van der Waals surface area contributed by atoms with Crippen molar-refractivity contribution in [2.24, 2.45) is 11.8 Å². The van der Waals surface area contributed by atoms with Crippen LogP contribution in [-0.2, 0) is 0 Å². The van der Waals surface area contributed by atoms with Crippen molar-refractivity contribution in [2.45, 2.75) is 32.6 Å². The predicted molar refractivity (Wildman–Crippen MR) is 69.3 cm³/mol. The Hall–Kier alpha value is -1.63. The molecule has 7 nitrogen and oxygen atoms in total. The highest BCUT2D eigenvalue weighted by Gasteiger charge is 2.20. The lowest BCUT2D eigenvalue weighted by Crippen LogP contribution is -2.15. The standard InChI is InChI=1S/C11H20N6O/c1-2-7-18-11-15-9(14-10(16-11)17-12)13-6-5-8-3-4-8/h8H,2-7,12H2,1H3,(H2,13,14,15,16,17). The minimum atomic E-state index is 0.300. The van der Waals surface area contributed by atoms with Crippen LogP contribution < -0.4 is 21.3 Å². The number of hydrazine groups is 1. The summed E-state index contributed by atoms with van der Waals surface area (Å²) in [5.74, 6) is 7.01. The minimum absolute atomic E-state index is 0.300. The van der Waals surface area contributed by atoms with Crippen LogP contribution >= 0.6 is 0 Å². The van der Waals surface area contributed by atoms with Gasteiger partial charge < -0.3 is 10.1 Å². The van der Waals surface area contributed by atoms with Crippen LogP contribution in [0.5, 0.6) is 6.01 Å². The predicted octanol–water partition coefficient (Wildman–Crippen LogP) is 1.16. The van der Waals surface area contributed by atoms with Crippen LogP contribution in [0.15, 0.2) is 0 Å². The number of anilines is 2. The SMILES string of the molecule is CCCOc1nc(NN)nc(NCCC2CC2)n1. The molecule has 0 unspecified atom stereocenters. The average Bonchev–Trinajstić information content (AvgIpc) is 3.20. The van der Waals surface area contributed by atoms with Crippen molar-refractivity contribution in [3.05, 3.63) is 0 Å². The molecule has 100 valence electrons. The first kappa shape index (κ1) is 12.8. The van der Waals surface area contributed by atoms with E-state index in [2.05, 4.69) is 25.7 Å². The van der Waals surface area contributed by atoms with Gasteiger partial charge >= 0.3 is 6.01 Å². The van der Waals surface area contributed by atoms with E-state index in [-0.39, 0.29) is 0 Å². The van der Waals surface area contributed by atoms with Gasteiger partial charge in [-0.1, -0.05) is 19.8 Å². The van der Waals surface area contributed by atoms with Crippen molar-refractivity contribution in [2.75, 3.05) is 23.9 Å². The fourth-order valence-electron chi connectivity index (χ4n) is 1.55. The van der Waals surface area contributed by atoms with E-state index in [1.165, 1.54) is 12.8 Å². The Kier molecular flexibility index (Phi) is 4.52. The quantitative estimate of drug-likeness (QED) is 0.471. The summed E-state index contributed by atoms with van der Waals surface area (Å²) in [7, 11) is 0. The van der Waals surface area contributed by atoms with E-state index < -0.39 is 0 Å². The highest BCUT2D eigenvalue weighted by molar-refractivity contribution is 5.34. The van der Waals surface area contributed by atoms with Crippen LogP contribution in [0.4, 0.5) is 11.9 Å². The molecule has 0 amide bonds. The Labute approximate surface area is 107 Å². The van der Waals surface area contributed by atoms with Crippen molar-refractivity contribution in [3.8, 4) is 6.01 Å². The number of hydrogen-bond donors (Lipinski definition) is 3. The van der Waals surface area contributed by atoms with Crippen molar-refractivity contribution >= 4 is 11.9 Å². The molecule has 1 aromatic heterocycles. The van der Waals surface area contributed by atoms with Gasteiger partial charge in [0.05, 0.1) is 6.61 Å². The van der Waals surface area contributed by atoms with Gasteiger partial charge in [0.1, 0.15) is 0 Å². The summed E-state index contributed by atoms with van der Waals surface area (Å²) in [5, 5.41) is 3.17. The molecule has 0 radical (unpaired) electrons. The molecule has 0 aromatic carbocycles. The van der Waals surface area contributed by atoms with Gasteiger partial charge in [0.15, 0.2) is 0 Å². The number of nitrogens with two attached hydrogens (primary N) is 1. The number of rotatable bonds is 8. The van der Waals surface area contributed by atoms with Crippen molar-refractivity contribution in [1.29, 1.82) is 0 Å². The second kappa shape index (κ2) is 6.34. The average molecular weight is 252 g/mol. The third-order valence-corrected chi connectivity index (χ3v) is 2.71. The topological polar surface area (TPSA) is 98.0 Å². The van der Waals surface area contributed by atoms with Gasteiger partial charge in [-0.3, -0.25) is 5.43 Å². The van der Waals surface area contributed by atoms with E-state index in [0.717, 1.165) is 25.3 Å². The van der Waals surface area contributed by atoms with Crippen LogP contribution in [0.3, 0.4) is 0 Å². The molecule has 1 fully saturated rings. The first-order chi connectivity index (χ1) is 8.81. The third kappa shape index (κ3) is 3.99. The second-order valence-corrected chi connectivity index (χ2v) is 4.42. The number of nitrogen functional groups attached to an aromatic ring is 1. The van der Waals surface area contributed by atoms with Crippen molar-refractivity contribution in [3.63, 3.8) is 0 Å². The maximum atomic E-state index is 5.38. The molecule has 2 rings (SSSR count). The first-order valence-electron chi connectivity index (χ1n) is 6.41. The summed E-state index contributed by atoms with van der Waals surface area (Å²) in [5.41, 5.74) is 2.41. The summed E-state index contributed by atoms with van der Waals surface area (Å²) in [6, 6.07) is 0.300. The van der Waals surface area contributed by atoms with E-state index in [4.69, 9.17) is 10.6 Å². The molecule has 1 aromatic rings. The van der Waals surface area contributed by atoms with Gasteiger partial charge in [0.25, 0.3) is 0 Å². The summed E-state index contributed by atoms with van der Waals surface area (Å²) in [4.78, 5) is 12.3. The fourth-order valence-corrected chi connectivity index (χ4v) is 1.55. The van der Waals surface area contributed by atoms with Gasteiger partial charge in [-0.15, -0.1) is 0 Å². The number of nitrogens with one attached hydrogen (secondary N) is 2. The summed E-state index contributed by atoms with van der Waals surface area (Å²) >= 11 is 0. The third-order valence-electron chi connectivity index (χ3n) is 2.71. The Morgan fingerprint density at radius 3 is 2.72 bits per heavy atom. The Morgan fingerprint density at radius 2 is 2.06 bits per heavy atom. The second-order valence-electron chi connectivity index (χ2n) is 4.42. The molecule has 1 saturated carbocycles. The zero-order valence-corrected chi connectivity index (χ0v) is 10.6. The number of ether oxygens (including phenoxy) is 1. The molecule has 1 aliphatic carbocycles. The molecule has 7 heteroatoms. The smallest absolute Gasteiger partial charge is 0.323 e. The Balaban J connectivity index is 1.92. The normalized spacial score (nSPS) is 14.3. The molecule has 1 aliphatic rings. The minimum Gasteiger partial charge on any atom is -0.463 e. The van der Waals surface area contributed by atoms with E-state index in [9.17, 15) is 0 Å². The van der Waals surface area contributed by atoms with Crippen molar-refractivity contribution < 1.29 is 4.74 Å². The van der Waals surface area contributed by atoms with Gasteiger partial charge in [0.2, 0.25) is 11.9 Å². The molecule has 1 heterocycles. The van der Waals surface area contributed by atoms with Crippen LogP contribution in [0, 0.1) is 5.92 Å².